The highest BCUT2D eigenvalue weighted by Crippen LogP contribution is 2.30. The van der Waals surface area contributed by atoms with Gasteiger partial charge in [-0.1, -0.05) is 19.1 Å². The normalized spacial score (nSPS) is 13.2. The van der Waals surface area contributed by atoms with Gasteiger partial charge in [-0.05, 0) is 61.2 Å². The van der Waals surface area contributed by atoms with E-state index in [1.165, 1.54) is 5.56 Å². The van der Waals surface area contributed by atoms with Crippen LogP contribution in [-0.4, -0.2) is 18.4 Å². The van der Waals surface area contributed by atoms with Gasteiger partial charge in [0.15, 0.2) is 6.61 Å². The van der Waals surface area contributed by atoms with Crippen molar-refractivity contribution in [2.45, 2.75) is 26.2 Å². The van der Waals surface area contributed by atoms with E-state index in [1.807, 2.05) is 24.3 Å². The Bertz CT molecular complexity index is 752. The van der Waals surface area contributed by atoms with E-state index in [-0.39, 0.29) is 24.3 Å². The van der Waals surface area contributed by atoms with Crippen molar-refractivity contribution in [2.75, 3.05) is 17.2 Å². The number of carbonyl (C=O) groups is 2. The van der Waals surface area contributed by atoms with Gasteiger partial charge in [0, 0.05) is 17.3 Å². The van der Waals surface area contributed by atoms with Crippen molar-refractivity contribution < 1.29 is 14.3 Å². The fraction of sp³-hybridized carbons (Fsp3) is 0.300. The first-order chi connectivity index (χ1) is 12.1. The summed E-state index contributed by atoms with van der Waals surface area (Å²) in [7, 11) is 0. The lowest BCUT2D eigenvalue weighted by Crippen LogP contribution is -2.20. The Kier molecular flexibility index (Phi) is 5.33. The zero-order valence-electron chi connectivity index (χ0n) is 14.2. The molecule has 1 fully saturated rings. The lowest BCUT2D eigenvalue weighted by atomic mass is 10.2. The number of amides is 2. The predicted molar refractivity (Wildman–Crippen MR) is 97.7 cm³/mol. The molecule has 0 bridgehead atoms. The summed E-state index contributed by atoms with van der Waals surface area (Å²) in [4.78, 5) is 23.7. The van der Waals surface area contributed by atoms with E-state index in [0.29, 0.717) is 11.4 Å². The number of benzene rings is 2. The predicted octanol–water partition coefficient (Wildman–Crippen LogP) is 3.62. The monoisotopic (exact) mass is 338 g/mol. The largest absolute Gasteiger partial charge is 0.484 e. The third-order valence-electron chi connectivity index (χ3n) is 4.06. The van der Waals surface area contributed by atoms with Gasteiger partial charge in [0.05, 0.1) is 0 Å². The molecule has 0 spiro atoms. The molecule has 5 heteroatoms. The maximum Gasteiger partial charge on any atom is 0.262 e. The molecule has 130 valence electrons. The van der Waals surface area contributed by atoms with Gasteiger partial charge < -0.3 is 15.4 Å². The first kappa shape index (κ1) is 17.0. The molecule has 3 rings (SSSR count). The summed E-state index contributed by atoms with van der Waals surface area (Å²) in [5.41, 5.74) is 2.57. The summed E-state index contributed by atoms with van der Waals surface area (Å²) in [5, 5.41) is 5.65. The van der Waals surface area contributed by atoms with Gasteiger partial charge in [0.2, 0.25) is 5.91 Å². The molecule has 0 radical (unpaired) electrons. The number of ether oxygens (including phenoxy) is 1. The molecule has 25 heavy (non-hydrogen) atoms. The summed E-state index contributed by atoms with van der Waals surface area (Å²) < 4.78 is 5.52. The van der Waals surface area contributed by atoms with Crippen molar-refractivity contribution in [3.05, 3.63) is 54.1 Å². The van der Waals surface area contributed by atoms with E-state index < -0.39 is 0 Å². The highest BCUT2D eigenvalue weighted by Gasteiger charge is 2.29. The number of aryl methyl sites for hydroxylation is 1. The first-order valence-electron chi connectivity index (χ1n) is 8.56. The summed E-state index contributed by atoms with van der Waals surface area (Å²) in [6.07, 6.45) is 2.87. The molecule has 0 atom stereocenters. The minimum atomic E-state index is -0.225. The molecular formula is C20H22N2O3. The molecule has 2 aromatic carbocycles. The Balaban J connectivity index is 1.47. The topological polar surface area (TPSA) is 67.4 Å². The Hall–Kier alpha value is -2.82. The minimum absolute atomic E-state index is 0.0483. The number of nitrogens with one attached hydrogen (secondary N) is 2. The van der Waals surface area contributed by atoms with Crippen LogP contribution in [0.2, 0.25) is 0 Å². The van der Waals surface area contributed by atoms with Crippen molar-refractivity contribution in [1.29, 1.82) is 0 Å². The third kappa shape index (κ3) is 5.08. The average molecular weight is 338 g/mol. The highest BCUT2D eigenvalue weighted by atomic mass is 16.5. The lowest BCUT2D eigenvalue weighted by Gasteiger charge is -2.09. The minimum Gasteiger partial charge on any atom is -0.484 e. The van der Waals surface area contributed by atoms with E-state index in [2.05, 4.69) is 17.6 Å². The van der Waals surface area contributed by atoms with Gasteiger partial charge in [-0.3, -0.25) is 9.59 Å². The molecule has 0 aliphatic heterocycles. The van der Waals surface area contributed by atoms with Gasteiger partial charge in [0.25, 0.3) is 5.91 Å². The van der Waals surface area contributed by atoms with Crippen LogP contribution in [0.1, 0.15) is 25.3 Å². The molecule has 2 N–H and O–H groups in total. The Labute approximate surface area is 147 Å². The van der Waals surface area contributed by atoms with Crippen molar-refractivity contribution in [3.8, 4) is 5.75 Å². The van der Waals surface area contributed by atoms with Crippen molar-refractivity contribution >= 4 is 23.2 Å². The van der Waals surface area contributed by atoms with Crippen LogP contribution in [0.5, 0.6) is 5.75 Å². The van der Waals surface area contributed by atoms with E-state index in [4.69, 9.17) is 4.74 Å². The maximum absolute atomic E-state index is 12.0. The number of carbonyl (C=O) groups excluding carboxylic acids is 2. The second-order valence-electron chi connectivity index (χ2n) is 6.18. The van der Waals surface area contributed by atoms with Gasteiger partial charge in [-0.25, -0.2) is 0 Å². The molecule has 2 aromatic rings. The second kappa shape index (κ2) is 7.83. The molecule has 0 unspecified atom stereocenters. The van der Waals surface area contributed by atoms with Gasteiger partial charge in [-0.15, -0.1) is 0 Å². The Morgan fingerprint density at radius 3 is 2.36 bits per heavy atom. The molecule has 0 aromatic heterocycles. The van der Waals surface area contributed by atoms with E-state index in [1.54, 1.807) is 24.3 Å². The Morgan fingerprint density at radius 2 is 1.72 bits per heavy atom. The number of anilines is 2. The second-order valence-corrected chi connectivity index (χ2v) is 6.18. The van der Waals surface area contributed by atoms with E-state index in [9.17, 15) is 9.59 Å². The van der Waals surface area contributed by atoms with Crippen molar-refractivity contribution in [2.24, 2.45) is 5.92 Å². The SMILES string of the molecule is CCc1cccc(OCC(=O)Nc2ccc(NC(=O)C3CC3)cc2)c1. The number of hydrogen-bond acceptors (Lipinski definition) is 3. The summed E-state index contributed by atoms with van der Waals surface area (Å²) in [6, 6.07) is 14.8. The first-order valence-corrected chi connectivity index (χ1v) is 8.56. The summed E-state index contributed by atoms with van der Waals surface area (Å²) in [5.74, 6) is 0.700. The number of rotatable bonds is 7. The zero-order chi connectivity index (χ0) is 17.6. The quantitative estimate of drug-likeness (QED) is 0.810. The Morgan fingerprint density at radius 1 is 1.04 bits per heavy atom. The lowest BCUT2D eigenvalue weighted by molar-refractivity contribution is -0.118. The number of hydrogen-bond donors (Lipinski definition) is 2. The molecular weight excluding hydrogens is 316 g/mol. The smallest absolute Gasteiger partial charge is 0.262 e. The van der Waals surface area contributed by atoms with Gasteiger partial charge >= 0.3 is 0 Å². The van der Waals surface area contributed by atoms with Crippen molar-refractivity contribution in [1.82, 2.24) is 0 Å². The van der Waals surface area contributed by atoms with Crippen LogP contribution >= 0.6 is 0 Å². The fourth-order valence-corrected chi connectivity index (χ4v) is 2.43. The van der Waals surface area contributed by atoms with Crippen LogP contribution in [0, 0.1) is 5.92 Å². The average Bonchev–Trinajstić information content (AvgIpc) is 3.47. The maximum atomic E-state index is 12.0. The van der Waals surface area contributed by atoms with E-state index in [0.717, 1.165) is 24.9 Å². The van der Waals surface area contributed by atoms with Crippen LogP contribution in [0.25, 0.3) is 0 Å². The summed E-state index contributed by atoms with van der Waals surface area (Å²) in [6.45, 7) is 2.02. The van der Waals surface area contributed by atoms with Gasteiger partial charge in [-0.2, -0.15) is 0 Å². The molecule has 0 saturated heterocycles. The molecule has 1 aliphatic rings. The molecule has 1 aliphatic carbocycles. The van der Waals surface area contributed by atoms with Crippen LogP contribution < -0.4 is 15.4 Å². The van der Waals surface area contributed by atoms with Crippen LogP contribution in [-0.2, 0) is 16.0 Å². The fourth-order valence-electron chi connectivity index (χ4n) is 2.43. The molecule has 2 amide bonds. The molecule has 0 heterocycles. The van der Waals surface area contributed by atoms with Crippen LogP contribution in [0.15, 0.2) is 48.5 Å². The van der Waals surface area contributed by atoms with Crippen molar-refractivity contribution in [3.63, 3.8) is 0 Å². The zero-order valence-corrected chi connectivity index (χ0v) is 14.2. The summed E-state index contributed by atoms with van der Waals surface area (Å²) >= 11 is 0. The third-order valence-corrected chi connectivity index (χ3v) is 4.06. The van der Waals surface area contributed by atoms with E-state index >= 15 is 0 Å². The molecule has 5 nitrogen and oxygen atoms in total. The van der Waals surface area contributed by atoms with Crippen LogP contribution in [0.4, 0.5) is 11.4 Å². The molecule has 1 saturated carbocycles. The van der Waals surface area contributed by atoms with Crippen LogP contribution in [0.3, 0.4) is 0 Å². The van der Waals surface area contributed by atoms with Gasteiger partial charge in [0.1, 0.15) is 5.75 Å². The standard InChI is InChI=1S/C20H22N2O3/c1-2-14-4-3-5-18(12-14)25-13-19(23)21-16-8-10-17(11-9-16)22-20(24)15-6-7-15/h3-5,8-12,15H,2,6-7,13H2,1H3,(H,21,23)(H,22,24). The highest BCUT2D eigenvalue weighted by molar-refractivity contribution is 5.95.